The van der Waals surface area contributed by atoms with Crippen LogP contribution in [0.25, 0.3) is 0 Å². The van der Waals surface area contributed by atoms with E-state index in [0.717, 1.165) is 6.42 Å². The van der Waals surface area contributed by atoms with Crippen LogP contribution in [0.5, 0.6) is 0 Å². The van der Waals surface area contributed by atoms with Gasteiger partial charge in [-0.3, -0.25) is 9.59 Å². The predicted molar refractivity (Wildman–Crippen MR) is 87.9 cm³/mol. The van der Waals surface area contributed by atoms with Crippen LogP contribution in [-0.2, 0) is 9.59 Å². The molecule has 0 heterocycles. The predicted octanol–water partition coefficient (Wildman–Crippen LogP) is 2.90. The Hall–Kier alpha value is -0.900. The van der Waals surface area contributed by atoms with Gasteiger partial charge in [-0.25, -0.2) is 0 Å². The Kier molecular flexibility index (Phi) is 7.07. The van der Waals surface area contributed by atoms with Crippen molar-refractivity contribution in [1.29, 1.82) is 0 Å². The molecular formula is C17H34N2O2. The van der Waals surface area contributed by atoms with Gasteiger partial charge in [0, 0.05) is 17.4 Å². The van der Waals surface area contributed by atoms with Gasteiger partial charge in [-0.1, -0.05) is 27.7 Å². The number of rotatable bonds is 8. The zero-order valence-corrected chi connectivity index (χ0v) is 15.0. The number of hydrogen-bond acceptors (Lipinski definition) is 3. The molecule has 0 aromatic heterocycles. The number of carbonyl (C=O) groups is 2. The van der Waals surface area contributed by atoms with Crippen LogP contribution in [0.15, 0.2) is 0 Å². The van der Waals surface area contributed by atoms with Crippen LogP contribution in [0.2, 0.25) is 0 Å². The van der Waals surface area contributed by atoms with E-state index in [0.29, 0.717) is 12.3 Å². The summed E-state index contributed by atoms with van der Waals surface area (Å²) in [5, 5.41) is 3.07. The first-order valence-electron chi connectivity index (χ1n) is 7.91. The zero-order valence-electron chi connectivity index (χ0n) is 15.0. The SMILES string of the molecule is CC(C)CC(C)C(=O)NC(C)(C)CC(C)C(=O)C(C)(C)N. The Morgan fingerprint density at radius 3 is 1.86 bits per heavy atom. The molecule has 4 heteroatoms. The Bertz CT molecular complexity index is 367. The second-order valence-electron chi connectivity index (χ2n) is 8.09. The largest absolute Gasteiger partial charge is 0.351 e. The van der Waals surface area contributed by atoms with Gasteiger partial charge in [0.2, 0.25) is 5.91 Å². The van der Waals surface area contributed by atoms with Crippen molar-refractivity contribution in [1.82, 2.24) is 5.32 Å². The molecule has 0 aliphatic carbocycles. The van der Waals surface area contributed by atoms with Crippen molar-refractivity contribution < 1.29 is 9.59 Å². The van der Waals surface area contributed by atoms with Crippen molar-refractivity contribution in [2.75, 3.05) is 0 Å². The van der Waals surface area contributed by atoms with E-state index in [2.05, 4.69) is 19.2 Å². The number of carbonyl (C=O) groups excluding carboxylic acids is 2. The molecule has 2 unspecified atom stereocenters. The topological polar surface area (TPSA) is 72.2 Å². The van der Waals surface area contributed by atoms with Crippen LogP contribution in [0.1, 0.15) is 68.2 Å². The molecule has 3 N–H and O–H groups in total. The van der Waals surface area contributed by atoms with Crippen LogP contribution in [0.3, 0.4) is 0 Å². The average molecular weight is 298 g/mol. The third-order valence-corrected chi connectivity index (χ3v) is 3.63. The number of amides is 1. The Balaban J connectivity index is 4.63. The monoisotopic (exact) mass is 298 g/mol. The fourth-order valence-electron chi connectivity index (χ4n) is 2.82. The van der Waals surface area contributed by atoms with E-state index < -0.39 is 11.1 Å². The molecule has 0 saturated heterocycles. The smallest absolute Gasteiger partial charge is 0.223 e. The van der Waals surface area contributed by atoms with Crippen molar-refractivity contribution in [3.05, 3.63) is 0 Å². The Labute approximate surface area is 130 Å². The van der Waals surface area contributed by atoms with Crippen LogP contribution < -0.4 is 11.1 Å². The van der Waals surface area contributed by atoms with E-state index in [1.807, 2.05) is 27.7 Å². The molecule has 0 spiro atoms. The lowest BCUT2D eigenvalue weighted by Crippen LogP contribution is -2.50. The molecule has 2 atom stereocenters. The summed E-state index contributed by atoms with van der Waals surface area (Å²) in [5.74, 6) is 0.384. The summed E-state index contributed by atoms with van der Waals surface area (Å²) in [6, 6.07) is 0. The second-order valence-corrected chi connectivity index (χ2v) is 8.09. The van der Waals surface area contributed by atoms with Crippen molar-refractivity contribution in [2.45, 2.75) is 79.3 Å². The highest BCUT2D eigenvalue weighted by Crippen LogP contribution is 2.22. The van der Waals surface area contributed by atoms with Gasteiger partial charge in [0.25, 0.3) is 0 Å². The third-order valence-electron chi connectivity index (χ3n) is 3.63. The first-order chi connectivity index (χ1) is 9.26. The lowest BCUT2D eigenvalue weighted by atomic mass is 9.82. The second kappa shape index (κ2) is 7.39. The summed E-state index contributed by atoms with van der Waals surface area (Å²) in [6.45, 7) is 15.4. The Morgan fingerprint density at radius 1 is 1.00 bits per heavy atom. The van der Waals surface area contributed by atoms with E-state index >= 15 is 0 Å². The summed E-state index contributed by atoms with van der Waals surface area (Å²) in [5.41, 5.74) is 4.62. The minimum absolute atomic E-state index is 0.0127. The van der Waals surface area contributed by atoms with E-state index in [9.17, 15) is 9.59 Å². The van der Waals surface area contributed by atoms with Gasteiger partial charge in [-0.15, -0.1) is 0 Å². The minimum Gasteiger partial charge on any atom is -0.351 e. The highest BCUT2D eigenvalue weighted by atomic mass is 16.2. The summed E-state index contributed by atoms with van der Waals surface area (Å²) in [6.07, 6.45) is 1.46. The first kappa shape index (κ1) is 20.1. The van der Waals surface area contributed by atoms with Crippen molar-refractivity contribution in [2.24, 2.45) is 23.5 Å². The number of Topliss-reactive ketones (excluding diaryl/α,β-unsaturated/α-hetero) is 1. The molecule has 0 aromatic rings. The van der Waals surface area contributed by atoms with Gasteiger partial charge in [0.15, 0.2) is 5.78 Å². The molecule has 0 fully saturated rings. The number of hydrogen-bond donors (Lipinski definition) is 2. The fourth-order valence-corrected chi connectivity index (χ4v) is 2.82. The summed E-state index contributed by atoms with van der Waals surface area (Å²) >= 11 is 0. The minimum atomic E-state index is -0.829. The molecule has 21 heavy (non-hydrogen) atoms. The molecule has 124 valence electrons. The van der Waals surface area contributed by atoms with Crippen LogP contribution in [0.4, 0.5) is 0 Å². The maximum atomic E-state index is 12.2. The standard InChI is InChI=1S/C17H34N2O2/c1-11(2)9-12(3)15(21)19-16(5,6)10-13(4)14(20)17(7,8)18/h11-13H,9-10,18H2,1-8H3,(H,19,21). The summed E-state index contributed by atoms with van der Waals surface area (Å²) in [4.78, 5) is 24.4. The fraction of sp³-hybridized carbons (Fsp3) is 0.882. The van der Waals surface area contributed by atoms with Gasteiger partial charge in [0.05, 0.1) is 5.54 Å². The molecule has 1 amide bonds. The van der Waals surface area contributed by atoms with Gasteiger partial charge in [-0.05, 0) is 46.5 Å². The lowest BCUT2D eigenvalue weighted by molar-refractivity contribution is -0.129. The summed E-state index contributed by atoms with van der Waals surface area (Å²) < 4.78 is 0. The molecule has 0 aromatic carbocycles. The average Bonchev–Trinajstić information content (AvgIpc) is 2.24. The van der Waals surface area contributed by atoms with Gasteiger partial charge < -0.3 is 11.1 Å². The third kappa shape index (κ3) is 7.60. The highest BCUT2D eigenvalue weighted by molar-refractivity contribution is 5.89. The molecule has 0 saturated carbocycles. The molecule has 0 aliphatic rings. The van der Waals surface area contributed by atoms with Crippen molar-refractivity contribution in [3.8, 4) is 0 Å². The molecule has 4 nitrogen and oxygen atoms in total. The van der Waals surface area contributed by atoms with Crippen molar-refractivity contribution >= 4 is 11.7 Å². The normalized spacial score (nSPS) is 15.7. The lowest BCUT2D eigenvalue weighted by Gasteiger charge is -2.32. The number of nitrogens with two attached hydrogens (primary N) is 1. The molecule has 0 aliphatic heterocycles. The van der Waals surface area contributed by atoms with E-state index in [-0.39, 0.29) is 23.5 Å². The maximum Gasteiger partial charge on any atom is 0.223 e. The van der Waals surface area contributed by atoms with E-state index in [1.54, 1.807) is 13.8 Å². The van der Waals surface area contributed by atoms with E-state index in [1.165, 1.54) is 0 Å². The number of ketones is 1. The molecule has 0 rings (SSSR count). The molecule has 0 radical (unpaired) electrons. The molecular weight excluding hydrogens is 264 g/mol. The number of nitrogens with one attached hydrogen (secondary N) is 1. The van der Waals surface area contributed by atoms with Crippen LogP contribution in [0, 0.1) is 17.8 Å². The zero-order chi connectivity index (χ0) is 17.0. The van der Waals surface area contributed by atoms with Crippen molar-refractivity contribution in [3.63, 3.8) is 0 Å². The van der Waals surface area contributed by atoms with E-state index in [4.69, 9.17) is 5.73 Å². The summed E-state index contributed by atoms with van der Waals surface area (Å²) in [7, 11) is 0. The van der Waals surface area contributed by atoms with Gasteiger partial charge in [-0.2, -0.15) is 0 Å². The quantitative estimate of drug-likeness (QED) is 0.723. The van der Waals surface area contributed by atoms with Crippen LogP contribution >= 0.6 is 0 Å². The maximum absolute atomic E-state index is 12.2. The molecule has 0 bridgehead atoms. The van der Waals surface area contributed by atoms with Gasteiger partial charge >= 0.3 is 0 Å². The van der Waals surface area contributed by atoms with Crippen LogP contribution in [-0.4, -0.2) is 22.8 Å². The Morgan fingerprint density at radius 2 is 1.48 bits per heavy atom. The van der Waals surface area contributed by atoms with Gasteiger partial charge in [0.1, 0.15) is 0 Å². The highest BCUT2D eigenvalue weighted by Gasteiger charge is 2.32. The first-order valence-corrected chi connectivity index (χ1v) is 7.91.